The van der Waals surface area contributed by atoms with Gasteiger partial charge in [0.2, 0.25) is 0 Å². The molecule has 83 valence electrons. The molecule has 0 saturated heterocycles. The lowest BCUT2D eigenvalue weighted by atomic mass is 9.94. The Morgan fingerprint density at radius 2 is 1.93 bits per heavy atom. The van der Waals surface area contributed by atoms with Crippen LogP contribution < -0.4 is 0 Å². The van der Waals surface area contributed by atoms with Crippen LogP contribution in [-0.4, -0.2) is 11.1 Å². The third kappa shape index (κ3) is 6.93. The van der Waals surface area contributed by atoms with Crippen LogP contribution in [0.1, 0.15) is 52.4 Å². The van der Waals surface area contributed by atoms with Crippen molar-refractivity contribution < 1.29 is 9.90 Å². The molecular formula is C12H23O2. The summed E-state index contributed by atoms with van der Waals surface area (Å²) in [5, 5.41) is 8.69. The zero-order valence-electron chi connectivity index (χ0n) is 9.46. The quantitative estimate of drug-likeness (QED) is 0.607. The van der Waals surface area contributed by atoms with Crippen LogP contribution in [0.5, 0.6) is 0 Å². The van der Waals surface area contributed by atoms with Crippen molar-refractivity contribution in [2.24, 2.45) is 11.8 Å². The second-order valence-electron chi connectivity index (χ2n) is 4.18. The number of aliphatic carboxylic acids is 1. The van der Waals surface area contributed by atoms with Gasteiger partial charge in [-0.1, -0.05) is 46.5 Å². The highest BCUT2D eigenvalue weighted by Gasteiger charge is 2.12. The summed E-state index contributed by atoms with van der Waals surface area (Å²) >= 11 is 0. The van der Waals surface area contributed by atoms with Gasteiger partial charge in [-0.15, -0.1) is 0 Å². The Hall–Kier alpha value is -0.530. The normalized spacial score (nSPS) is 15.1. The number of hydrogen-bond donors (Lipinski definition) is 1. The van der Waals surface area contributed by atoms with E-state index < -0.39 is 5.97 Å². The Labute approximate surface area is 87.7 Å². The second kappa shape index (κ2) is 7.84. The molecule has 1 radical (unpaired) electrons. The van der Waals surface area contributed by atoms with E-state index in [2.05, 4.69) is 13.8 Å². The van der Waals surface area contributed by atoms with Crippen LogP contribution in [0.4, 0.5) is 0 Å². The van der Waals surface area contributed by atoms with Gasteiger partial charge in [-0.25, -0.2) is 0 Å². The first-order valence-electron chi connectivity index (χ1n) is 5.63. The van der Waals surface area contributed by atoms with E-state index in [0.717, 1.165) is 19.3 Å². The molecule has 0 spiro atoms. The smallest absolute Gasteiger partial charge is 0.306 e. The fraction of sp³-hybridized carbons (Fsp3) is 0.833. The van der Waals surface area contributed by atoms with Crippen molar-refractivity contribution in [3.05, 3.63) is 6.92 Å². The molecular weight excluding hydrogens is 176 g/mol. The molecule has 2 heteroatoms. The summed E-state index contributed by atoms with van der Waals surface area (Å²) in [7, 11) is 0. The molecule has 0 aromatic rings. The SMILES string of the molecule is [CH2]C(CCCCC)CCC(C)C(=O)O. The third-order valence-corrected chi connectivity index (χ3v) is 2.65. The molecule has 2 atom stereocenters. The number of carboxylic acids is 1. The van der Waals surface area contributed by atoms with Crippen molar-refractivity contribution in [3.63, 3.8) is 0 Å². The van der Waals surface area contributed by atoms with Crippen molar-refractivity contribution in [1.82, 2.24) is 0 Å². The van der Waals surface area contributed by atoms with Crippen LogP contribution in [0.3, 0.4) is 0 Å². The third-order valence-electron chi connectivity index (χ3n) is 2.65. The van der Waals surface area contributed by atoms with Crippen LogP contribution in [0.25, 0.3) is 0 Å². The Balaban J connectivity index is 3.43. The maximum atomic E-state index is 10.6. The molecule has 0 aromatic carbocycles. The molecule has 0 aliphatic rings. The summed E-state index contributed by atoms with van der Waals surface area (Å²) < 4.78 is 0. The summed E-state index contributed by atoms with van der Waals surface area (Å²) in [6.45, 7) is 8.00. The molecule has 0 aliphatic heterocycles. The predicted octanol–water partition coefficient (Wildman–Crippen LogP) is 3.52. The zero-order chi connectivity index (χ0) is 11.0. The van der Waals surface area contributed by atoms with Gasteiger partial charge in [-0.05, 0) is 18.8 Å². The molecule has 0 fully saturated rings. The predicted molar refractivity (Wildman–Crippen MR) is 59.0 cm³/mol. The number of carbonyl (C=O) groups is 1. The van der Waals surface area contributed by atoms with Crippen LogP contribution in [-0.2, 0) is 4.79 Å². The Morgan fingerprint density at radius 3 is 2.43 bits per heavy atom. The van der Waals surface area contributed by atoms with E-state index in [4.69, 9.17) is 5.11 Å². The fourth-order valence-corrected chi connectivity index (χ4v) is 1.44. The van der Waals surface area contributed by atoms with Gasteiger partial charge in [-0.2, -0.15) is 0 Å². The summed E-state index contributed by atoms with van der Waals surface area (Å²) in [5.74, 6) is -0.473. The van der Waals surface area contributed by atoms with Gasteiger partial charge in [0.05, 0.1) is 5.92 Å². The average molecular weight is 199 g/mol. The first-order valence-corrected chi connectivity index (χ1v) is 5.63. The Kier molecular flexibility index (Phi) is 7.54. The summed E-state index contributed by atoms with van der Waals surface area (Å²) in [6, 6.07) is 0. The lowest BCUT2D eigenvalue weighted by Crippen LogP contribution is -2.10. The first-order chi connectivity index (χ1) is 6.57. The van der Waals surface area contributed by atoms with E-state index in [0.29, 0.717) is 5.92 Å². The van der Waals surface area contributed by atoms with Gasteiger partial charge in [0.1, 0.15) is 0 Å². The minimum atomic E-state index is -0.689. The topological polar surface area (TPSA) is 37.3 Å². The number of rotatable bonds is 8. The molecule has 14 heavy (non-hydrogen) atoms. The van der Waals surface area contributed by atoms with Crippen LogP contribution in [0.15, 0.2) is 0 Å². The van der Waals surface area contributed by atoms with Gasteiger partial charge < -0.3 is 5.11 Å². The molecule has 0 bridgehead atoms. The van der Waals surface area contributed by atoms with E-state index in [1.54, 1.807) is 6.92 Å². The minimum absolute atomic E-state index is 0.217. The molecule has 0 rings (SSSR count). The number of carboxylic acid groups (broad SMARTS) is 1. The van der Waals surface area contributed by atoms with Gasteiger partial charge in [0, 0.05) is 0 Å². The zero-order valence-corrected chi connectivity index (χ0v) is 9.46. The lowest BCUT2D eigenvalue weighted by molar-refractivity contribution is -0.141. The van der Waals surface area contributed by atoms with E-state index in [9.17, 15) is 4.79 Å². The van der Waals surface area contributed by atoms with Crippen molar-refractivity contribution in [3.8, 4) is 0 Å². The molecule has 0 heterocycles. The highest BCUT2D eigenvalue weighted by molar-refractivity contribution is 5.69. The lowest BCUT2D eigenvalue weighted by Gasteiger charge is -2.12. The van der Waals surface area contributed by atoms with Gasteiger partial charge >= 0.3 is 5.97 Å². The number of hydrogen-bond acceptors (Lipinski definition) is 1. The van der Waals surface area contributed by atoms with Gasteiger partial charge in [0.15, 0.2) is 0 Å². The summed E-state index contributed by atoms with van der Waals surface area (Å²) in [5.41, 5.74) is 0. The van der Waals surface area contributed by atoms with E-state index in [-0.39, 0.29) is 5.92 Å². The van der Waals surface area contributed by atoms with Crippen LogP contribution in [0, 0.1) is 18.8 Å². The second-order valence-corrected chi connectivity index (χ2v) is 4.18. The standard InChI is InChI=1S/C12H23O2/c1-4-5-6-7-10(2)8-9-11(3)12(13)14/h10-11H,2,4-9H2,1,3H3,(H,13,14). The molecule has 0 aliphatic carbocycles. The highest BCUT2D eigenvalue weighted by atomic mass is 16.4. The molecule has 0 saturated carbocycles. The maximum absolute atomic E-state index is 10.6. The molecule has 0 aromatic heterocycles. The first kappa shape index (κ1) is 13.5. The van der Waals surface area contributed by atoms with E-state index >= 15 is 0 Å². The molecule has 1 N–H and O–H groups in total. The Bertz CT molecular complexity index is 154. The highest BCUT2D eigenvalue weighted by Crippen LogP contribution is 2.17. The number of unbranched alkanes of at least 4 members (excludes halogenated alkanes) is 2. The van der Waals surface area contributed by atoms with Crippen molar-refractivity contribution in [2.75, 3.05) is 0 Å². The van der Waals surface area contributed by atoms with Crippen molar-refractivity contribution in [2.45, 2.75) is 52.4 Å². The van der Waals surface area contributed by atoms with Gasteiger partial charge in [0.25, 0.3) is 0 Å². The molecule has 2 nitrogen and oxygen atoms in total. The van der Waals surface area contributed by atoms with Crippen LogP contribution >= 0.6 is 0 Å². The average Bonchev–Trinajstić information content (AvgIpc) is 2.14. The summed E-state index contributed by atoms with van der Waals surface area (Å²) in [4.78, 5) is 10.6. The molecule has 2 unspecified atom stereocenters. The minimum Gasteiger partial charge on any atom is -0.481 e. The monoisotopic (exact) mass is 199 g/mol. The molecule has 0 amide bonds. The van der Waals surface area contributed by atoms with Crippen molar-refractivity contribution in [1.29, 1.82) is 0 Å². The van der Waals surface area contributed by atoms with Crippen LogP contribution in [0.2, 0.25) is 0 Å². The van der Waals surface area contributed by atoms with Gasteiger partial charge in [-0.3, -0.25) is 4.79 Å². The summed E-state index contributed by atoms with van der Waals surface area (Å²) in [6.07, 6.45) is 6.57. The van der Waals surface area contributed by atoms with E-state index in [1.165, 1.54) is 19.3 Å². The maximum Gasteiger partial charge on any atom is 0.306 e. The largest absolute Gasteiger partial charge is 0.481 e. The Morgan fingerprint density at radius 1 is 1.29 bits per heavy atom. The fourth-order valence-electron chi connectivity index (χ4n) is 1.44. The van der Waals surface area contributed by atoms with E-state index in [1.807, 2.05) is 0 Å². The van der Waals surface area contributed by atoms with Crippen molar-refractivity contribution >= 4 is 5.97 Å².